The first kappa shape index (κ1) is 13.4. The molecule has 19 heavy (non-hydrogen) atoms. The summed E-state index contributed by atoms with van der Waals surface area (Å²) in [5, 5.41) is 17.8. The van der Waals surface area contributed by atoms with E-state index in [-0.39, 0.29) is 12.2 Å². The molecule has 6 nitrogen and oxygen atoms in total. The molecule has 0 radical (unpaired) electrons. The maximum Gasteiger partial charge on any atom is 0.335 e. The summed E-state index contributed by atoms with van der Waals surface area (Å²) in [5.41, 5.74) is 1.26. The Hall–Kier alpha value is -2.08. The van der Waals surface area contributed by atoms with Gasteiger partial charge in [-0.2, -0.15) is 4.98 Å². The van der Waals surface area contributed by atoms with Crippen LogP contribution in [0.15, 0.2) is 22.6 Å². The number of hydrogen-bond acceptors (Lipinski definition) is 5. The molecule has 6 heteroatoms. The van der Waals surface area contributed by atoms with Gasteiger partial charge in [-0.15, -0.1) is 0 Å². The van der Waals surface area contributed by atoms with Gasteiger partial charge in [0.1, 0.15) is 5.52 Å². The molecule has 102 valence electrons. The highest BCUT2D eigenvalue weighted by Gasteiger charge is 2.13. The van der Waals surface area contributed by atoms with Crippen molar-refractivity contribution in [3.8, 4) is 0 Å². The highest BCUT2D eigenvalue weighted by molar-refractivity contribution is 5.92. The number of anilines is 1. The number of fused-ring (bicyclic) bond motifs is 1. The summed E-state index contributed by atoms with van der Waals surface area (Å²) >= 11 is 0. The highest BCUT2D eigenvalue weighted by Crippen LogP contribution is 2.23. The number of nitrogens with zero attached hydrogens (tertiary/aromatic N) is 2. The lowest BCUT2D eigenvalue weighted by molar-refractivity contribution is 0.0697. The van der Waals surface area contributed by atoms with Crippen LogP contribution in [0, 0.1) is 0 Å². The monoisotopic (exact) mass is 264 g/mol. The van der Waals surface area contributed by atoms with E-state index in [0.29, 0.717) is 36.6 Å². The number of aliphatic hydroxyl groups is 1. The second-order valence-electron chi connectivity index (χ2n) is 4.14. The molecule has 1 aromatic heterocycles. The number of rotatable bonds is 6. The third-order valence-corrected chi connectivity index (χ3v) is 2.86. The lowest BCUT2D eigenvalue weighted by Gasteiger charge is -2.17. The molecule has 0 aliphatic rings. The zero-order valence-corrected chi connectivity index (χ0v) is 10.7. The van der Waals surface area contributed by atoms with Crippen molar-refractivity contribution in [2.24, 2.45) is 0 Å². The number of hydrogen-bond donors (Lipinski definition) is 2. The van der Waals surface area contributed by atoms with E-state index in [1.54, 1.807) is 6.07 Å². The van der Waals surface area contributed by atoms with Gasteiger partial charge in [0.2, 0.25) is 0 Å². The van der Waals surface area contributed by atoms with Gasteiger partial charge in [0.05, 0.1) is 5.56 Å². The number of carboxylic acids is 1. The third kappa shape index (κ3) is 2.85. The third-order valence-electron chi connectivity index (χ3n) is 2.86. The minimum absolute atomic E-state index is 0.111. The van der Waals surface area contributed by atoms with Gasteiger partial charge in [-0.05, 0) is 31.5 Å². The Kier molecular flexibility index (Phi) is 4.01. The van der Waals surface area contributed by atoms with Crippen LogP contribution in [0.4, 0.5) is 6.01 Å². The van der Waals surface area contributed by atoms with Crippen LogP contribution in [-0.4, -0.2) is 40.9 Å². The Morgan fingerprint density at radius 2 is 2.26 bits per heavy atom. The van der Waals surface area contributed by atoms with Gasteiger partial charge in [0, 0.05) is 19.7 Å². The number of oxazole rings is 1. The van der Waals surface area contributed by atoms with Crippen LogP contribution in [0.2, 0.25) is 0 Å². The van der Waals surface area contributed by atoms with E-state index in [1.165, 1.54) is 12.1 Å². The van der Waals surface area contributed by atoms with Gasteiger partial charge in [-0.3, -0.25) is 0 Å². The fourth-order valence-electron chi connectivity index (χ4n) is 1.83. The molecular formula is C13H16N2O4. The molecule has 0 saturated carbocycles. The van der Waals surface area contributed by atoms with Crippen molar-refractivity contribution in [1.29, 1.82) is 0 Å². The molecule has 0 unspecified atom stereocenters. The number of aromatic nitrogens is 1. The molecule has 0 bridgehead atoms. The van der Waals surface area contributed by atoms with Gasteiger partial charge >= 0.3 is 5.97 Å². The van der Waals surface area contributed by atoms with Crippen molar-refractivity contribution in [1.82, 2.24) is 4.98 Å². The average molecular weight is 264 g/mol. The van der Waals surface area contributed by atoms with E-state index < -0.39 is 5.97 Å². The number of carbonyl (C=O) groups is 1. The van der Waals surface area contributed by atoms with Crippen LogP contribution < -0.4 is 4.90 Å². The zero-order chi connectivity index (χ0) is 13.8. The Morgan fingerprint density at radius 1 is 1.47 bits per heavy atom. The second-order valence-corrected chi connectivity index (χ2v) is 4.14. The number of aromatic carboxylic acids is 1. The fraction of sp³-hybridized carbons (Fsp3) is 0.385. The standard InChI is InChI=1S/C13H16N2O4/c1-2-15(6-3-7-16)13-14-10-5-4-9(12(17)18)8-11(10)19-13/h4-5,8,16H,2-3,6-7H2,1H3,(H,17,18). The van der Waals surface area contributed by atoms with Crippen LogP contribution in [-0.2, 0) is 0 Å². The quantitative estimate of drug-likeness (QED) is 0.826. The Morgan fingerprint density at radius 3 is 2.89 bits per heavy atom. The van der Waals surface area contributed by atoms with E-state index in [0.717, 1.165) is 0 Å². The fourth-order valence-corrected chi connectivity index (χ4v) is 1.83. The van der Waals surface area contributed by atoms with E-state index in [4.69, 9.17) is 14.6 Å². The molecule has 2 rings (SSSR count). The van der Waals surface area contributed by atoms with Crippen molar-refractivity contribution >= 4 is 23.1 Å². The Balaban J connectivity index is 2.31. The van der Waals surface area contributed by atoms with Crippen molar-refractivity contribution < 1.29 is 19.4 Å². The lowest BCUT2D eigenvalue weighted by atomic mass is 10.2. The summed E-state index contributed by atoms with van der Waals surface area (Å²) in [5.74, 6) is -0.993. The van der Waals surface area contributed by atoms with Crippen molar-refractivity contribution in [3.63, 3.8) is 0 Å². The van der Waals surface area contributed by atoms with Gasteiger partial charge in [-0.1, -0.05) is 0 Å². The van der Waals surface area contributed by atoms with Gasteiger partial charge in [-0.25, -0.2) is 4.79 Å². The summed E-state index contributed by atoms with van der Waals surface area (Å²) in [6.07, 6.45) is 0.632. The van der Waals surface area contributed by atoms with E-state index in [2.05, 4.69) is 4.98 Å². The van der Waals surface area contributed by atoms with Crippen LogP contribution in [0.25, 0.3) is 11.1 Å². The van der Waals surface area contributed by atoms with Gasteiger partial charge in [0.25, 0.3) is 6.01 Å². The zero-order valence-electron chi connectivity index (χ0n) is 10.7. The Labute approximate surface area is 110 Å². The first-order chi connectivity index (χ1) is 9.15. The van der Waals surface area contributed by atoms with Crippen molar-refractivity contribution in [2.45, 2.75) is 13.3 Å². The van der Waals surface area contributed by atoms with Gasteiger partial charge < -0.3 is 19.5 Å². The van der Waals surface area contributed by atoms with Crippen LogP contribution in [0.5, 0.6) is 0 Å². The number of carboxylic acid groups (broad SMARTS) is 1. The maximum absolute atomic E-state index is 10.9. The first-order valence-corrected chi connectivity index (χ1v) is 6.15. The Bertz CT molecular complexity index is 579. The predicted octanol–water partition coefficient (Wildman–Crippen LogP) is 1.73. The van der Waals surface area contributed by atoms with Crippen LogP contribution in [0.1, 0.15) is 23.7 Å². The average Bonchev–Trinajstić information content (AvgIpc) is 2.82. The summed E-state index contributed by atoms with van der Waals surface area (Å²) < 4.78 is 5.58. The number of benzene rings is 1. The van der Waals surface area contributed by atoms with Crippen LogP contribution >= 0.6 is 0 Å². The topological polar surface area (TPSA) is 86.8 Å². The summed E-state index contributed by atoms with van der Waals surface area (Å²) in [6.45, 7) is 3.43. The van der Waals surface area contributed by atoms with E-state index in [1.807, 2.05) is 11.8 Å². The molecule has 2 aromatic rings. The summed E-state index contributed by atoms with van der Waals surface area (Å²) in [7, 11) is 0. The van der Waals surface area contributed by atoms with E-state index >= 15 is 0 Å². The molecule has 0 saturated heterocycles. The van der Waals surface area contributed by atoms with Crippen molar-refractivity contribution in [3.05, 3.63) is 23.8 Å². The minimum Gasteiger partial charge on any atom is -0.478 e. The normalized spacial score (nSPS) is 10.8. The molecule has 0 amide bonds. The highest BCUT2D eigenvalue weighted by atomic mass is 16.4. The molecule has 0 atom stereocenters. The first-order valence-electron chi connectivity index (χ1n) is 6.15. The van der Waals surface area contributed by atoms with Crippen molar-refractivity contribution in [2.75, 3.05) is 24.6 Å². The molecule has 0 spiro atoms. The van der Waals surface area contributed by atoms with Crippen LogP contribution in [0.3, 0.4) is 0 Å². The molecule has 0 aliphatic heterocycles. The van der Waals surface area contributed by atoms with Gasteiger partial charge in [0.15, 0.2) is 5.58 Å². The molecule has 0 aliphatic carbocycles. The second kappa shape index (κ2) is 5.71. The summed E-state index contributed by atoms with van der Waals surface area (Å²) in [4.78, 5) is 17.1. The number of aliphatic hydroxyl groups excluding tert-OH is 1. The largest absolute Gasteiger partial charge is 0.478 e. The SMILES string of the molecule is CCN(CCCO)c1nc2ccc(C(=O)O)cc2o1. The molecular weight excluding hydrogens is 248 g/mol. The smallest absolute Gasteiger partial charge is 0.335 e. The predicted molar refractivity (Wildman–Crippen MR) is 70.6 cm³/mol. The lowest BCUT2D eigenvalue weighted by Crippen LogP contribution is -2.24. The minimum atomic E-state index is -0.993. The molecule has 0 fully saturated rings. The summed E-state index contributed by atoms with van der Waals surface area (Å²) in [6, 6.07) is 5.05. The molecule has 1 heterocycles. The van der Waals surface area contributed by atoms with E-state index in [9.17, 15) is 4.79 Å². The maximum atomic E-state index is 10.9. The molecule has 1 aromatic carbocycles. The molecule has 2 N–H and O–H groups in total.